The molecule has 7 atom stereocenters. The zero-order valence-electron chi connectivity index (χ0n) is 22.1. The lowest BCUT2D eigenvalue weighted by Gasteiger charge is -2.45. The van der Waals surface area contributed by atoms with Crippen LogP contribution in [0.2, 0.25) is 0 Å². The molecule has 0 N–H and O–H groups in total. The van der Waals surface area contributed by atoms with Gasteiger partial charge < -0.3 is 23.7 Å². The fourth-order valence-electron chi connectivity index (χ4n) is 5.43. The van der Waals surface area contributed by atoms with Gasteiger partial charge >= 0.3 is 0 Å². The van der Waals surface area contributed by atoms with Crippen molar-refractivity contribution < 1.29 is 33.3 Å². The second-order valence-electron chi connectivity index (χ2n) is 10.1. The monoisotopic (exact) mass is 541 g/mol. The van der Waals surface area contributed by atoms with Gasteiger partial charge in [0.2, 0.25) is 0 Å². The third kappa shape index (κ3) is 5.00. The number of carbonyl (C=O) groups is 2. The molecule has 0 radical (unpaired) electrons. The summed E-state index contributed by atoms with van der Waals surface area (Å²) in [5.41, 5.74) is 2.52. The maximum Gasteiger partial charge on any atom is 0.262 e. The number of carbonyl (C=O) groups excluding carboxylic acids is 2. The Morgan fingerprint density at radius 3 is 2.10 bits per heavy atom. The van der Waals surface area contributed by atoms with E-state index in [1.54, 1.807) is 30.3 Å². The minimum absolute atomic E-state index is 0.193. The third-order valence-electron chi connectivity index (χ3n) is 7.45. The van der Waals surface area contributed by atoms with E-state index in [1.807, 2.05) is 67.6 Å². The van der Waals surface area contributed by atoms with E-state index in [0.29, 0.717) is 17.7 Å². The van der Waals surface area contributed by atoms with Crippen molar-refractivity contribution in [3.05, 3.63) is 120 Å². The molecule has 206 valence electrons. The molecule has 3 aliphatic rings. The summed E-state index contributed by atoms with van der Waals surface area (Å²) in [6.45, 7) is 6.22. The van der Waals surface area contributed by atoms with Crippen molar-refractivity contribution >= 4 is 11.8 Å². The van der Waals surface area contributed by atoms with E-state index in [-0.39, 0.29) is 6.61 Å². The van der Waals surface area contributed by atoms with Crippen LogP contribution in [0.1, 0.15) is 45.1 Å². The predicted octanol–water partition coefficient (Wildman–Crippen LogP) is 4.67. The summed E-state index contributed by atoms with van der Waals surface area (Å²) >= 11 is 0. The second kappa shape index (κ2) is 11.4. The quantitative estimate of drug-likeness (QED) is 0.288. The molecule has 0 spiro atoms. The molecule has 0 saturated carbocycles. The molecule has 3 heterocycles. The Kier molecular flexibility index (Phi) is 7.60. The molecule has 0 bridgehead atoms. The van der Waals surface area contributed by atoms with Gasteiger partial charge in [-0.15, -0.1) is 6.58 Å². The van der Waals surface area contributed by atoms with Gasteiger partial charge in [-0.2, -0.15) is 0 Å². The SMILES string of the molecule is C=C[C@H](C)O[C@@H]1O[C@H](COCc2ccccc2)[C@H]2OC(c3ccccc3)O[C@@H]2[C@H]1N1C(=O)c2ccccc2C1=O. The molecule has 2 saturated heterocycles. The first kappa shape index (κ1) is 26.6. The van der Waals surface area contributed by atoms with Gasteiger partial charge in [-0.25, -0.2) is 0 Å². The number of nitrogens with zero attached hydrogens (tertiary/aromatic N) is 1. The molecule has 0 aliphatic carbocycles. The number of hydrogen-bond donors (Lipinski definition) is 0. The predicted molar refractivity (Wildman–Crippen MR) is 145 cm³/mol. The van der Waals surface area contributed by atoms with E-state index in [0.717, 1.165) is 11.1 Å². The standard InChI is InChI=1S/C32H31NO7/c1-3-20(2)37-32-26(33-29(34)23-16-10-11-17-24(23)30(33)35)28-27(39-31(40-28)22-14-8-5-9-15-22)25(38-32)19-36-18-21-12-6-4-7-13-21/h3-17,20,25-28,31-32H,1,18-19H2,2H3/t20-,25+,26+,27+,28+,31?,32+/m0/s1. The number of fused-ring (bicyclic) bond motifs is 2. The van der Waals surface area contributed by atoms with Gasteiger partial charge in [-0.3, -0.25) is 14.5 Å². The number of imide groups is 1. The summed E-state index contributed by atoms with van der Waals surface area (Å²) in [4.78, 5) is 28.4. The highest BCUT2D eigenvalue weighted by atomic mass is 16.8. The Balaban J connectivity index is 1.33. The molecule has 2 amide bonds. The van der Waals surface area contributed by atoms with E-state index in [9.17, 15) is 9.59 Å². The lowest BCUT2D eigenvalue weighted by Crippen LogP contribution is -2.65. The van der Waals surface area contributed by atoms with E-state index in [4.69, 9.17) is 23.7 Å². The molecule has 6 rings (SSSR count). The van der Waals surface area contributed by atoms with Crippen molar-refractivity contribution in [1.82, 2.24) is 4.90 Å². The van der Waals surface area contributed by atoms with Gasteiger partial charge in [0.25, 0.3) is 11.8 Å². The number of rotatable bonds is 9. The molecule has 3 aromatic rings. The zero-order chi connectivity index (χ0) is 27.6. The normalized spacial score (nSPS) is 28.3. The van der Waals surface area contributed by atoms with Gasteiger partial charge in [0.15, 0.2) is 12.6 Å². The number of ether oxygens (including phenoxy) is 5. The van der Waals surface area contributed by atoms with Crippen molar-refractivity contribution in [3.63, 3.8) is 0 Å². The van der Waals surface area contributed by atoms with Crippen molar-refractivity contribution in [1.29, 1.82) is 0 Å². The van der Waals surface area contributed by atoms with Gasteiger partial charge in [0.1, 0.15) is 24.4 Å². The highest BCUT2D eigenvalue weighted by molar-refractivity contribution is 6.21. The largest absolute Gasteiger partial charge is 0.374 e. The van der Waals surface area contributed by atoms with Crippen LogP contribution in [0, 0.1) is 0 Å². The Labute approximate surface area is 233 Å². The van der Waals surface area contributed by atoms with Crippen LogP contribution >= 0.6 is 0 Å². The van der Waals surface area contributed by atoms with Gasteiger partial charge in [-0.1, -0.05) is 78.9 Å². The molecule has 8 nitrogen and oxygen atoms in total. The lowest BCUT2D eigenvalue weighted by molar-refractivity contribution is -0.269. The Morgan fingerprint density at radius 2 is 1.45 bits per heavy atom. The summed E-state index contributed by atoms with van der Waals surface area (Å²) in [5, 5.41) is 0. The number of amides is 2. The Bertz CT molecular complexity index is 1330. The molecule has 40 heavy (non-hydrogen) atoms. The van der Waals surface area contributed by atoms with E-state index in [1.165, 1.54) is 4.90 Å². The van der Waals surface area contributed by atoms with Gasteiger partial charge in [-0.05, 0) is 24.6 Å². The van der Waals surface area contributed by atoms with E-state index >= 15 is 0 Å². The van der Waals surface area contributed by atoms with Crippen LogP contribution < -0.4 is 0 Å². The summed E-state index contributed by atoms with van der Waals surface area (Å²) in [7, 11) is 0. The molecule has 3 aromatic carbocycles. The number of hydrogen-bond acceptors (Lipinski definition) is 7. The van der Waals surface area contributed by atoms with Crippen molar-refractivity contribution in [2.24, 2.45) is 0 Å². The summed E-state index contributed by atoms with van der Waals surface area (Å²) in [6, 6.07) is 25.3. The number of benzene rings is 3. The minimum Gasteiger partial charge on any atom is -0.374 e. The molecular weight excluding hydrogens is 510 g/mol. The van der Waals surface area contributed by atoms with Gasteiger partial charge in [0, 0.05) is 5.56 Å². The topological polar surface area (TPSA) is 83.5 Å². The second-order valence-corrected chi connectivity index (χ2v) is 10.1. The minimum atomic E-state index is -1.00. The van der Waals surface area contributed by atoms with Crippen LogP contribution in [-0.4, -0.2) is 60.1 Å². The van der Waals surface area contributed by atoms with E-state index in [2.05, 4.69) is 6.58 Å². The molecular formula is C32H31NO7. The van der Waals surface area contributed by atoms with E-state index < -0.39 is 54.9 Å². The smallest absolute Gasteiger partial charge is 0.262 e. The van der Waals surface area contributed by atoms with Crippen LogP contribution in [-0.2, 0) is 30.3 Å². The van der Waals surface area contributed by atoms with Crippen molar-refractivity contribution in [3.8, 4) is 0 Å². The highest BCUT2D eigenvalue weighted by Gasteiger charge is 2.59. The van der Waals surface area contributed by atoms with Crippen LogP contribution in [0.5, 0.6) is 0 Å². The lowest BCUT2D eigenvalue weighted by atomic mass is 9.95. The first-order valence-electron chi connectivity index (χ1n) is 13.4. The fraction of sp³-hybridized carbons (Fsp3) is 0.312. The molecule has 1 unspecified atom stereocenters. The van der Waals surface area contributed by atoms with Crippen molar-refractivity contribution in [2.75, 3.05) is 6.61 Å². The maximum absolute atomic E-state index is 13.6. The Morgan fingerprint density at radius 1 is 0.850 bits per heavy atom. The van der Waals surface area contributed by atoms with Crippen LogP contribution in [0.15, 0.2) is 97.6 Å². The summed E-state index contributed by atoms with van der Waals surface area (Å²) in [6.07, 6.45) is -2.45. The fourth-order valence-corrected chi connectivity index (χ4v) is 5.43. The molecule has 8 heteroatoms. The molecule has 2 fully saturated rings. The first-order valence-corrected chi connectivity index (χ1v) is 13.4. The van der Waals surface area contributed by atoms with Crippen LogP contribution in [0.25, 0.3) is 0 Å². The first-order chi connectivity index (χ1) is 19.5. The maximum atomic E-state index is 13.6. The zero-order valence-corrected chi connectivity index (χ0v) is 22.1. The van der Waals surface area contributed by atoms with Crippen LogP contribution in [0.4, 0.5) is 0 Å². The highest BCUT2D eigenvalue weighted by Crippen LogP contribution is 2.43. The molecule has 3 aliphatic heterocycles. The third-order valence-corrected chi connectivity index (χ3v) is 7.45. The van der Waals surface area contributed by atoms with Crippen molar-refractivity contribution in [2.45, 2.75) is 56.6 Å². The van der Waals surface area contributed by atoms with Gasteiger partial charge in [0.05, 0.1) is 30.4 Å². The summed E-state index contributed by atoms with van der Waals surface area (Å²) < 4.78 is 31.7. The average Bonchev–Trinajstić information content (AvgIpc) is 3.54. The Hall–Kier alpha value is -3.66. The van der Waals surface area contributed by atoms with Crippen LogP contribution in [0.3, 0.4) is 0 Å². The molecule has 0 aromatic heterocycles. The average molecular weight is 542 g/mol. The summed E-state index contributed by atoms with van der Waals surface area (Å²) in [5.74, 6) is -0.836.